The second-order valence-corrected chi connectivity index (χ2v) is 6.85. The van der Waals surface area contributed by atoms with Gasteiger partial charge in [-0.25, -0.2) is 4.39 Å². The Hall–Kier alpha value is -2.37. The van der Waals surface area contributed by atoms with Crippen LogP contribution in [0.1, 0.15) is 20.8 Å². The highest BCUT2D eigenvalue weighted by molar-refractivity contribution is 7.12. The van der Waals surface area contributed by atoms with Gasteiger partial charge < -0.3 is 10.1 Å². The van der Waals surface area contributed by atoms with E-state index in [4.69, 9.17) is 16.3 Å². The van der Waals surface area contributed by atoms with Crippen molar-refractivity contribution in [2.45, 2.75) is 13.5 Å². The predicted molar refractivity (Wildman–Crippen MR) is 99.2 cm³/mol. The number of benzene rings is 2. The predicted octanol–water partition coefficient (Wildman–Crippen LogP) is 5.68. The van der Waals surface area contributed by atoms with Crippen molar-refractivity contribution in [2.24, 2.45) is 0 Å². The van der Waals surface area contributed by atoms with Crippen molar-refractivity contribution >= 4 is 34.5 Å². The molecule has 1 aromatic heterocycles. The fourth-order valence-electron chi connectivity index (χ4n) is 2.19. The average molecular weight is 376 g/mol. The molecule has 0 bridgehead atoms. The van der Waals surface area contributed by atoms with Crippen LogP contribution in [0, 0.1) is 12.7 Å². The first-order valence-electron chi connectivity index (χ1n) is 7.54. The summed E-state index contributed by atoms with van der Waals surface area (Å²) in [5, 5.41) is 5.09. The van der Waals surface area contributed by atoms with E-state index >= 15 is 0 Å². The number of carbonyl (C=O) groups is 1. The van der Waals surface area contributed by atoms with Crippen LogP contribution in [0.3, 0.4) is 0 Å². The minimum absolute atomic E-state index is 0.178. The first kappa shape index (κ1) is 17.5. The van der Waals surface area contributed by atoms with E-state index in [1.165, 1.54) is 17.4 Å². The van der Waals surface area contributed by atoms with E-state index in [9.17, 15) is 9.18 Å². The summed E-state index contributed by atoms with van der Waals surface area (Å²) >= 11 is 7.12. The molecule has 1 amide bonds. The summed E-state index contributed by atoms with van der Waals surface area (Å²) in [7, 11) is 0. The fraction of sp³-hybridized carbons (Fsp3) is 0.105. The Labute approximate surface area is 154 Å². The van der Waals surface area contributed by atoms with Gasteiger partial charge in [-0.1, -0.05) is 17.7 Å². The first-order chi connectivity index (χ1) is 12.0. The molecule has 0 radical (unpaired) electrons. The number of ether oxygens (including phenoxy) is 1. The van der Waals surface area contributed by atoms with Crippen molar-refractivity contribution in [3.05, 3.63) is 80.8 Å². The van der Waals surface area contributed by atoms with Gasteiger partial charge in [0.15, 0.2) is 0 Å². The molecule has 25 heavy (non-hydrogen) atoms. The number of hydrogen-bond donors (Lipinski definition) is 1. The number of rotatable bonds is 5. The van der Waals surface area contributed by atoms with Crippen LogP contribution < -0.4 is 10.1 Å². The van der Waals surface area contributed by atoms with Gasteiger partial charge in [0.05, 0.1) is 10.6 Å². The molecule has 0 saturated heterocycles. The third-order valence-corrected chi connectivity index (χ3v) is 4.70. The number of thiophene rings is 1. The fourth-order valence-corrected chi connectivity index (χ4v) is 3.10. The highest BCUT2D eigenvalue weighted by Crippen LogP contribution is 2.22. The van der Waals surface area contributed by atoms with Crippen molar-refractivity contribution in [2.75, 3.05) is 5.32 Å². The van der Waals surface area contributed by atoms with Crippen LogP contribution in [0.4, 0.5) is 10.1 Å². The Kier molecular flexibility index (Phi) is 5.36. The Morgan fingerprint density at radius 1 is 1.20 bits per heavy atom. The topological polar surface area (TPSA) is 38.3 Å². The molecular formula is C19H15ClFNO2S. The molecule has 0 aliphatic carbocycles. The Morgan fingerprint density at radius 3 is 2.72 bits per heavy atom. The van der Waals surface area contributed by atoms with Gasteiger partial charge in [0.1, 0.15) is 18.2 Å². The van der Waals surface area contributed by atoms with E-state index in [2.05, 4.69) is 5.32 Å². The molecule has 6 heteroatoms. The van der Waals surface area contributed by atoms with Gasteiger partial charge in [-0.15, -0.1) is 11.3 Å². The molecule has 3 nitrogen and oxygen atoms in total. The zero-order valence-electron chi connectivity index (χ0n) is 13.4. The minimum atomic E-state index is -0.457. The molecule has 3 aromatic rings. The van der Waals surface area contributed by atoms with Crippen molar-refractivity contribution in [3.63, 3.8) is 0 Å². The van der Waals surface area contributed by atoms with E-state index in [0.29, 0.717) is 22.3 Å². The Bertz CT molecular complexity index is 893. The summed E-state index contributed by atoms with van der Waals surface area (Å²) in [6, 6.07) is 13.4. The van der Waals surface area contributed by atoms with Crippen LogP contribution in [-0.2, 0) is 6.61 Å². The van der Waals surface area contributed by atoms with Crippen molar-refractivity contribution in [3.8, 4) is 5.75 Å². The van der Waals surface area contributed by atoms with Gasteiger partial charge in [0.25, 0.3) is 5.91 Å². The van der Waals surface area contributed by atoms with Gasteiger partial charge in [0, 0.05) is 10.6 Å². The summed E-state index contributed by atoms with van der Waals surface area (Å²) in [6.45, 7) is 2.18. The van der Waals surface area contributed by atoms with Crippen LogP contribution in [-0.4, -0.2) is 5.91 Å². The van der Waals surface area contributed by atoms with Crippen molar-refractivity contribution < 1.29 is 13.9 Å². The van der Waals surface area contributed by atoms with Crippen LogP contribution in [0.15, 0.2) is 53.9 Å². The molecule has 0 saturated carbocycles. The Balaban J connectivity index is 1.63. The molecule has 0 unspecified atom stereocenters. The largest absolute Gasteiger partial charge is 0.489 e. The van der Waals surface area contributed by atoms with E-state index in [-0.39, 0.29) is 11.6 Å². The lowest BCUT2D eigenvalue weighted by Gasteiger charge is -2.06. The molecule has 2 aromatic carbocycles. The smallest absolute Gasteiger partial charge is 0.265 e. The van der Waals surface area contributed by atoms with Crippen molar-refractivity contribution in [1.29, 1.82) is 0 Å². The van der Waals surface area contributed by atoms with E-state index in [1.54, 1.807) is 42.5 Å². The quantitative estimate of drug-likeness (QED) is 0.623. The second kappa shape index (κ2) is 7.68. The molecule has 0 spiro atoms. The average Bonchev–Trinajstić information content (AvgIpc) is 3.07. The summed E-state index contributed by atoms with van der Waals surface area (Å²) in [5.74, 6) is -0.0996. The molecule has 128 valence electrons. The summed E-state index contributed by atoms with van der Waals surface area (Å²) in [4.78, 5) is 12.8. The van der Waals surface area contributed by atoms with Gasteiger partial charge in [0.2, 0.25) is 0 Å². The zero-order valence-corrected chi connectivity index (χ0v) is 15.0. The van der Waals surface area contributed by atoms with Crippen molar-refractivity contribution in [1.82, 2.24) is 0 Å². The van der Waals surface area contributed by atoms with Crippen LogP contribution in [0.25, 0.3) is 0 Å². The normalized spacial score (nSPS) is 10.5. The number of nitrogens with one attached hydrogen (secondary N) is 1. The lowest BCUT2D eigenvalue weighted by Crippen LogP contribution is -2.11. The monoisotopic (exact) mass is 375 g/mol. The molecular weight excluding hydrogens is 361 g/mol. The van der Waals surface area contributed by atoms with Crippen LogP contribution in [0.2, 0.25) is 5.02 Å². The summed E-state index contributed by atoms with van der Waals surface area (Å²) in [5.41, 5.74) is 1.92. The summed E-state index contributed by atoms with van der Waals surface area (Å²) < 4.78 is 19.4. The molecule has 0 aliphatic rings. The Morgan fingerprint density at radius 2 is 1.96 bits per heavy atom. The number of amides is 1. The van der Waals surface area contributed by atoms with E-state index in [1.807, 2.05) is 12.3 Å². The SMILES string of the molecule is Cc1ccc(F)c(NC(=O)c2cc(COc3ccc(Cl)cc3)cs2)c1. The maximum Gasteiger partial charge on any atom is 0.265 e. The number of anilines is 1. The highest BCUT2D eigenvalue weighted by atomic mass is 35.5. The van der Waals surface area contributed by atoms with Crippen LogP contribution in [0.5, 0.6) is 5.75 Å². The lowest BCUT2D eigenvalue weighted by molar-refractivity contribution is 0.103. The van der Waals surface area contributed by atoms with E-state index < -0.39 is 5.82 Å². The van der Waals surface area contributed by atoms with Gasteiger partial charge in [-0.3, -0.25) is 4.79 Å². The van der Waals surface area contributed by atoms with Gasteiger partial charge in [-0.2, -0.15) is 0 Å². The molecule has 3 rings (SSSR count). The molecule has 1 N–H and O–H groups in total. The third kappa shape index (κ3) is 4.59. The number of hydrogen-bond acceptors (Lipinski definition) is 3. The number of halogens is 2. The van der Waals surface area contributed by atoms with Crippen LogP contribution >= 0.6 is 22.9 Å². The number of aryl methyl sites for hydroxylation is 1. The maximum absolute atomic E-state index is 13.7. The first-order valence-corrected chi connectivity index (χ1v) is 8.80. The third-order valence-electron chi connectivity index (χ3n) is 3.47. The maximum atomic E-state index is 13.7. The minimum Gasteiger partial charge on any atom is -0.489 e. The standard InChI is InChI=1S/C19H15ClFNO2S/c1-12-2-7-16(21)17(8-12)22-19(23)18-9-13(11-25-18)10-24-15-5-3-14(20)4-6-15/h2-9,11H,10H2,1H3,(H,22,23). The van der Waals surface area contributed by atoms with Gasteiger partial charge in [-0.05, 0) is 60.3 Å². The van der Waals surface area contributed by atoms with E-state index in [0.717, 1.165) is 11.1 Å². The number of carbonyl (C=O) groups excluding carboxylic acids is 1. The molecule has 0 fully saturated rings. The molecule has 0 aliphatic heterocycles. The van der Waals surface area contributed by atoms with Gasteiger partial charge >= 0.3 is 0 Å². The lowest BCUT2D eigenvalue weighted by atomic mass is 10.2. The second-order valence-electron chi connectivity index (χ2n) is 5.50. The summed E-state index contributed by atoms with van der Waals surface area (Å²) in [6.07, 6.45) is 0. The molecule has 0 atom stereocenters. The highest BCUT2D eigenvalue weighted by Gasteiger charge is 2.12. The molecule has 1 heterocycles. The zero-order chi connectivity index (χ0) is 17.8.